The third-order valence-electron chi connectivity index (χ3n) is 3.40. The van der Waals surface area contributed by atoms with Crippen molar-refractivity contribution in [1.29, 1.82) is 0 Å². The van der Waals surface area contributed by atoms with Crippen molar-refractivity contribution in [3.8, 4) is 0 Å². The molecule has 0 saturated carbocycles. The zero-order chi connectivity index (χ0) is 16.3. The molecule has 2 aromatic rings. The number of nitrogens with one attached hydrogen (secondary N) is 2. The molecule has 0 atom stereocenters. The van der Waals surface area contributed by atoms with Crippen LogP contribution in [0.4, 0.5) is 17.1 Å². The number of hydrogen-bond donors (Lipinski definition) is 2. The first kappa shape index (κ1) is 16.6. The highest BCUT2D eigenvalue weighted by Gasteiger charge is 1.94. The van der Waals surface area contributed by atoms with E-state index in [1.807, 2.05) is 36.6 Å². The van der Waals surface area contributed by atoms with Crippen molar-refractivity contribution in [3.05, 3.63) is 91.2 Å². The smallest absolute Gasteiger partial charge is 0.0385 e. The lowest BCUT2D eigenvalue weighted by molar-refractivity contribution is 0.927. The molecule has 0 amide bonds. The van der Waals surface area contributed by atoms with Crippen LogP contribution in [0.25, 0.3) is 0 Å². The lowest BCUT2D eigenvalue weighted by Crippen LogP contribution is -1.91. The fourth-order valence-electron chi connectivity index (χ4n) is 2.20. The minimum atomic E-state index is 1.06. The van der Waals surface area contributed by atoms with Crippen LogP contribution in [0.3, 0.4) is 0 Å². The van der Waals surface area contributed by atoms with E-state index in [0.29, 0.717) is 0 Å². The van der Waals surface area contributed by atoms with Crippen LogP contribution < -0.4 is 10.6 Å². The van der Waals surface area contributed by atoms with Gasteiger partial charge in [-0.25, -0.2) is 0 Å². The van der Waals surface area contributed by atoms with Crippen molar-refractivity contribution in [2.75, 3.05) is 10.6 Å². The Bertz CT molecular complexity index is 652. The highest BCUT2D eigenvalue weighted by molar-refractivity contribution is 5.62. The van der Waals surface area contributed by atoms with E-state index in [2.05, 4.69) is 66.6 Å². The first-order valence-corrected chi connectivity index (χ1v) is 7.98. The molecule has 2 aromatic carbocycles. The van der Waals surface area contributed by atoms with E-state index >= 15 is 0 Å². The van der Waals surface area contributed by atoms with E-state index in [4.69, 9.17) is 0 Å². The average Bonchev–Trinajstić information content (AvgIpc) is 2.60. The molecule has 2 nitrogen and oxygen atoms in total. The Morgan fingerprint density at radius 1 is 0.957 bits per heavy atom. The first-order valence-electron chi connectivity index (χ1n) is 7.98. The third-order valence-corrected chi connectivity index (χ3v) is 3.40. The van der Waals surface area contributed by atoms with Gasteiger partial charge < -0.3 is 10.6 Å². The summed E-state index contributed by atoms with van der Waals surface area (Å²) in [7, 11) is 0. The molecule has 0 heterocycles. The molecule has 0 aliphatic rings. The molecular formula is C21H24N2. The summed E-state index contributed by atoms with van der Waals surface area (Å²) in [5, 5.41) is 6.64. The van der Waals surface area contributed by atoms with Crippen molar-refractivity contribution >= 4 is 17.1 Å². The standard InChI is InChI=1S/C21H24N2/c1-3-9-18(4-2)10-8-17-22-19-13-15-21(16-14-19)23-20-11-6-5-7-12-20/h4-8,10-17,22-23H,2-3,9H2,1H3/b17-8+,18-10+. The Morgan fingerprint density at radius 3 is 2.26 bits per heavy atom. The fourth-order valence-corrected chi connectivity index (χ4v) is 2.20. The van der Waals surface area contributed by atoms with Crippen molar-refractivity contribution in [3.63, 3.8) is 0 Å². The van der Waals surface area contributed by atoms with Gasteiger partial charge in [0.05, 0.1) is 0 Å². The van der Waals surface area contributed by atoms with Crippen molar-refractivity contribution in [1.82, 2.24) is 0 Å². The molecule has 0 saturated heterocycles. The first-order chi connectivity index (χ1) is 11.3. The van der Waals surface area contributed by atoms with Gasteiger partial charge in [-0.05, 0) is 54.5 Å². The van der Waals surface area contributed by atoms with Gasteiger partial charge in [0.2, 0.25) is 0 Å². The fraction of sp³-hybridized carbons (Fsp3) is 0.143. The van der Waals surface area contributed by atoms with Gasteiger partial charge in [-0.2, -0.15) is 0 Å². The summed E-state index contributed by atoms with van der Waals surface area (Å²) in [4.78, 5) is 0. The summed E-state index contributed by atoms with van der Waals surface area (Å²) in [5.41, 5.74) is 4.48. The van der Waals surface area contributed by atoms with Crippen LogP contribution in [-0.4, -0.2) is 0 Å². The number of benzene rings is 2. The molecule has 0 aliphatic carbocycles. The molecule has 0 aliphatic heterocycles. The molecule has 0 spiro atoms. The second-order valence-electron chi connectivity index (χ2n) is 5.27. The van der Waals surface area contributed by atoms with Crippen LogP contribution in [0, 0.1) is 0 Å². The zero-order valence-corrected chi connectivity index (χ0v) is 13.6. The predicted octanol–water partition coefficient (Wildman–Crippen LogP) is 6.27. The molecule has 23 heavy (non-hydrogen) atoms. The predicted molar refractivity (Wildman–Crippen MR) is 102 cm³/mol. The van der Waals surface area contributed by atoms with E-state index < -0.39 is 0 Å². The Balaban J connectivity index is 1.89. The molecular weight excluding hydrogens is 280 g/mol. The molecule has 2 heteroatoms. The number of hydrogen-bond acceptors (Lipinski definition) is 2. The van der Waals surface area contributed by atoms with Gasteiger partial charge in [-0.1, -0.05) is 50.3 Å². The lowest BCUT2D eigenvalue weighted by atomic mass is 10.1. The summed E-state index contributed by atoms with van der Waals surface area (Å²) in [5.74, 6) is 0. The Kier molecular flexibility index (Phi) is 6.73. The molecule has 0 aromatic heterocycles. The minimum absolute atomic E-state index is 1.06. The topological polar surface area (TPSA) is 24.1 Å². The van der Waals surface area contributed by atoms with Crippen LogP contribution >= 0.6 is 0 Å². The maximum Gasteiger partial charge on any atom is 0.0385 e. The monoisotopic (exact) mass is 304 g/mol. The van der Waals surface area contributed by atoms with Crippen LogP contribution in [0.1, 0.15) is 19.8 Å². The highest BCUT2D eigenvalue weighted by atomic mass is 14.9. The average molecular weight is 304 g/mol. The summed E-state index contributed by atoms with van der Waals surface area (Å²) in [6.07, 6.45) is 10.2. The van der Waals surface area contributed by atoms with Gasteiger partial charge in [-0.15, -0.1) is 0 Å². The molecule has 0 unspecified atom stereocenters. The van der Waals surface area contributed by atoms with E-state index in [9.17, 15) is 0 Å². The summed E-state index contributed by atoms with van der Waals surface area (Å²) in [6, 6.07) is 18.4. The van der Waals surface area contributed by atoms with Crippen molar-refractivity contribution < 1.29 is 0 Å². The number of anilines is 3. The summed E-state index contributed by atoms with van der Waals surface area (Å²) < 4.78 is 0. The van der Waals surface area contributed by atoms with Gasteiger partial charge in [0.25, 0.3) is 0 Å². The number of rotatable bonds is 8. The second kappa shape index (κ2) is 9.31. The van der Waals surface area contributed by atoms with Crippen molar-refractivity contribution in [2.24, 2.45) is 0 Å². The summed E-state index contributed by atoms with van der Waals surface area (Å²) in [6.45, 7) is 6.00. The van der Waals surface area contributed by atoms with Gasteiger partial charge in [0, 0.05) is 23.3 Å². The quantitative estimate of drug-likeness (QED) is 0.562. The van der Waals surface area contributed by atoms with E-state index in [1.54, 1.807) is 0 Å². The Hall–Kier alpha value is -2.74. The highest BCUT2D eigenvalue weighted by Crippen LogP contribution is 2.18. The maximum absolute atomic E-state index is 3.83. The van der Waals surface area contributed by atoms with Crippen LogP contribution in [-0.2, 0) is 0 Å². The molecule has 0 fully saturated rings. The third kappa shape index (κ3) is 5.87. The lowest BCUT2D eigenvalue weighted by Gasteiger charge is -2.07. The van der Waals surface area contributed by atoms with E-state index in [-0.39, 0.29) is 0 Å². The normalized spacial score (nSPS) is 11.4. The molecule has 0 radical (unpaired) electrons. The Morgan fingerprint density at radius 2 is 1.61 bits per heavy atom. The number of para-hydroxylation sites is 1. The van der Waals surface area contributed by atoms with Crippen LogP contribution in [0.15, 0.2) is 91.2 Å². The van der Waals surface area contributed by atoms with Crippen LogP contribution in [0.5, 0.6) is 0 Å². The van der Waals surface area contributed by atoms with Gasteiger partial charge >= 0.3 is 0 Å². The van der Waals surface area contributed by atoms with Gasteiger partial charge in [0.1, 0.15) is 0 Å². The van der Waals surface area contributed by atoms with E-state index in [1.165, 1.54) is 5.57 Å². The summed E-state index contributed by atoms with van der Waals surface area (Å²) >= 11 is 0. The van der Waals surface area contributed by atoms with Crippen molar-refractivity contribution in [2.45, 2.75) is 19.8 Å². The number of allylic oxidation sites excluding steroid dienone is 4. The minimum Gasteiger partial charge on any atom is -0.362 e. The van der Waals surface area contributed by atoms with Gasteiger partial charge in [-0.3, -0.25) is 0 Å². The molecule has 0 bridgehead atoms. The van der Waals surface area contributed by atoms with Gasteiger partial charge in [0.15, 0.2) is 0 Å². The van der Waals surface area contributed by atoms with Crippen LogP contribution in [0.2, 0.25) is 0 Å². The SMILES string of the molecule is C=C/C(=C\C=C\Nc1ccc(Nc2ccccc2)cc1)CCC. The molecule has 118 valence electrons. The molecule has 2 rings (SSSR count). The molecule has 2 N–H and O–H groups in total. The maximum atomic E-state index is 3.83. The second-order valence-corrected chi connectivity index (χ2v) is 5.27. The van der Waals surface area contributed by atoms with E-state index in [0.717, 1.165) is 29.9 Å². The zero-order valence-electron chi connectivity index (χ0n) is 13.6. The largest absolute Gasteiger partial charge is 0.362 e. The Labute approximate surface area is 139 Å².